The molecular formula is C10H14N2O. The zero-order valence-corrected chi connectivity index (χ0v) is 7.95. The molecule has 0 saturated carbocycles. The molecule has 0 unspecified atom stereocenters. The maximum Gasteiger partial charge on any atom is 0.141 e. The third-order valence-electron chi connectivity index (χ3n) is 2.50. The third-order valence-corrected chi connectivity index (χ3v) is 2.50. The van der Waals surface area contributed by atoms with E-state index in [0.29, 0.717) is 6.54 Å². The van der Waals surface area contributed by atoms with Gasteiger partial charge in [-0.3, -0.25) is 4.98 Å². The number of nitrogens with two attached hydrogens (primary N) is 1. The van der Waals surface area contributed by atoms with Crippen molar-refractivity contribution in [2.75, 3.05) is 6.54 Å². The molecule has 0 aliphatic carbocycles. The Morgan fingerprint density at radius 1 is 1.62 bits per heavy atom. The van der Waals surface area contributed by atoms with E-state index in [2.05, 4.69) is 4.98 Å². The maximum atomic E-state index is 5.66. The summed E-state index contributed by atoms with van der Waals surface area (Å²) in [6, 6.07) is 2.02. The highest BCUT2D eigenvalue weighted by Crippen LogP contribution is 2.35. The molecular weight excluding hydrogens is 164 g/mol. The predicted octanol–water partition coefficient (Wildman–Crippen LogP) is 1.21. The fourth-order valence-electron chi connectivity index (χ4n) is 1.73. The van der Waals surface area contributed by atoms with Crippen molar-refractivity contribution in [3.05, 3.63) is 23.5 Å². The Balaban J connectivity index is 2.42. The van der Waals surface area contributed by atoms with Crippen molar-refractivity contribution in [3.63, 3.8) is 0 Å². The van der Waals surface area contributed by atoms with Crippen LogP contribution in [0.5, 0.6) is 5.75 Å². The lowest BCUT2D eigenvalue weighted by atomic mass is 10.0. The molecule has 0 fully saturated rings. The average molecular weight is 178 g/mol. The van der Waals surface area contributed by atoms with Crippen molar-refractivity contribution < 1.29 is 4.74 Å². The highest BCUT2D eigenvalue weighted by atomic mass is 16.5. The quantitative estimate of drug-likeness (QED) is 0.703. The number of aromatic nitrogens is 1. The molecule has 3 heteroatoms. The lowest BCUT2D eigenvalue weighted by Crippen LogP contribution is -2.22. The number of pyridine rings is 1. The number of hydrogen-bond donors (Lipinski definition) is 1. The standard InChI is InChI=1S/C10H14N2O/c1-6-3-9-10(12-5-6)8(4-11)7(2)13-9/h3,5,7-8H,4,11H2,1-2H3/t7-,8-/m1/s1. The van der Waals surface area contributed by atoms with Crippen LogP contribution < -0.4 is 10.5 Å². The van der Waals surface area contributed by atoms with Crippen LogP contribution in [0.15, 0.2) is 12.3 Å². The molecule has 3 nitrogen and oxygen atoms in total. The Kier molecular flexibility index (Phi) is 1.96. The molecule has 2 N–H and O–H groups in total. The molecule has 0 aromatic carbocycles. The van der Waals surface area contributed by atoms with Crippen molar-refractivity contribution in [1.82, 2.24) is 4.98 Å². The van der Waals surface area contributed by atoms with E-state index in [1.54, 1.807) is 0 Å². The molecule has 13 heavy (non-hydrogen) atoms. The van der Waals surface area contributed by atoms with E-state index in [0.717, 1.165) is 17.0 Å². The predicted molar refractivity (Wildman–Crippen MR) is 50.9 cm³/mol. The highest BCUT2D eigenvalue weighted by molar-refractivity contribution is 5.38. The fourth-order valence-corrected chi connectivity index (χ4v) is 1.73. The Morgan fingerprint density at radius 2 is 2.38 bits per heavy atom. The SMILES string of the molecule is Cc1cnc2c(c1)O[C@H](C)[C@H]2CN. The van der Waals surface area contributed by atoms with Crippen LogP contribution in [0.4, 0.5) is 0 Å². The van der Waals surface area contributed by atoms with Gasteiger partial charge in [0.25, 0.3) is 0 Å². The van der Waals surface area contributed by atoms with Crippen molar-refractivity contribution in [2.45, 2.75) is 25.9 Å². The van der Waals surface area contributed by atoms with Gasteiger partial charge in [0, 0.05) is 12.7 Å². The fraction of sp³-hybridized carbons (Fsp3) is 0.500. The van der Waals surface area contributed by atoms with Gasteiger partial charge in [0.2, 0.25) is 0 Å². The molecule has 0 spiro atoms. The largest absolute Gasteiger partial charge is 0.488 e. The van der Waals surface area contributed by atoms with Gasteiger partial charge >= 0.3 is 0 Å². The number of nitrogens with zero attached hydrogens (tertiary/aromatic N) is 1. The van der Waals surface area contributed by atoms with Crippen molar-refractivity contribution in [1.29, 1.82) is 0 Å². The van der Waals surface area contributed by atoms with Crippen molar-refractivity contribution in [3.8, 4) is 5.75 Å². The van der Waals surface area contributed by atoms with Gasteiger partial charge in [-0.15, -0.1) is 0 Å². The van der Waals surface area contributed by atoms with Crippen LogP contribution >= 0.6 is 0 Å². The first-order valence-electron chi connectivity index (χ1n) is 4.55. The summed E-state index contributed by atoms with van der Waals surface area (Å²) in [6.45, 7) is 4.65. The number of hydrogen-bond acceptors (Lipinski definition) is 3. The molecule has 2 atom stereocenters. The topological polar surface area (TPSA) is 48.1 Å². The van der Waals surface area contributed by atoms with Crippen LogP contribution in [0.2, 0.25) is 0 Å². The van der Waals surface area contributed by atoms with Gasteiger partial charge in [0.1, 0.15) is 11.9 Å². The average Bonchev–Trinajstić information content (AvgIpc) is 2.39. The molecule has 1 aliphatic rings. The molecule has 2 heterocycles. The summed E-state index contributed by atoms with van der Waals surface area (Å²) in [5.41, 5.74) is 7.80. The lowest BCUT2D eigenvalue weighted by molar-refractivity contribution is 0.228. The normalized spacial score (nSPS) is 25.5. The molecule has 1 aromatic heterocycles. The summed E-state index contributed by atoms with van der Waals surface area (Å²) < 4.78 is 5.65. The number of ether oxygens (including phenoxy) is 1. The van der Waals surface area contributed by atoms with E-state index in [1.165, 1.54) is 0 Å². The molecule has 70 valence electrons. The van der Waals surface area contributed by atoms with Crippen LogP contribution in [-0.2, 0) is 0 Å². The van der Waals surface area contributed by atoms with E-state index < -0.39 is 0 Å². The second-order valence-corrected chi connectivity index (χ2v) is 3.56. The minimum atomic E-state index is 0.161. The van der Waals surface area contributed by atoms with E-state index in [-0.39, 0.29) is 12.0 Å². The Morgan fingerprint density at radius 3 is 3.08 bits per heavy atom. The summed E-state index contributed by atoms with van der Waals surface area (Å²) in [4.78, 5) is 4.36. The summed E-state index contributed by atoms with van der Waals surface area (Å²) >= 11 is 0. The molecule has 0 amide bonds. The summed E-state index contributed by atoms with van der Waals surface area (Å²) in [7, 11) is 0. The van der Waals surface area contributed by atoms with Gasteiger partial charge in [-0.1, -0.05) is 0 Å². The molecule has 0 saturated heterocycles. The van der Waals surface area contributed by atoms with Gasteiger partial charge in [-0.2, -0.15) is 0 Å². The smallest absolute Gasteiger partial charge is 0.141 e. The van der Waals surface area contributed by atoms with Gasteiger partial charge in [-0.25, -0.2) is 0 Å². The van der Waals surface area contributed by atoms with Crippen LogP contribution in [0.25, 0.3) is 0 Å². The first-order chi connectivity index (χ1) is 6.22. The first kappa shape index (κ1) is 8.51. The van der Waals surface area contributed by atoms with E-state index in [4.69, 9.17) is 10.5 Å². The minimum Gasteiger partial charge on any atom is -0.488 e. The first-order valence-corrected chi connectivity index (χ1v) is 4.55. The molecule has 1 aliphatic heterocycles. The van der Waals surface area contributed by atoms with E-state index in [1.807, 2.05) is 26.1 Å². The van der Waals surface area contributed by atoms with Crippen molar-refractivity contribution in [2.24, 2.45) is 5.73 Å². The minimum absolute atomic E-state index is 0.161. The zero-order valence-electron chi connectivity index (χ0n) is 7.95. The van der Waals surface area contributed by atoms with Crippen molar-refractivity contribution >= 4 is 0 Å². The van der Waals surface area contributed by atoms with Crippen LogP contribution in [0.3, 0.4) is 0 Å². The lowest BCUT2D eigenvalue weighted by Gasteiger charge is -2.10. The highest BCUT2D eigenvalue weighted by Gasteiger charge is 2.31. The number of aryl methyl sites for hydroxylation is 1. The van der Waals surface area contributed by atoms with Gasteiger partial charge < -0.3 is 10.5 Å². The summed E-state index contributed by atoms with van der Waals surface area (Å²) in [5, 5.41) is 0. The second-order valence-electron chi connectivity index (χ2n) is 3.56. The van der Waals surface area contributed by atoms with Crippen LogP contribution in [0.1, 0.15) is 24.1 Å². The van der Waals surface area contributed by atoms with E-state index >= 15 is 0 Å². The molecule has 1 aromatic rings. The Bertz CT molecular complexity index is 325. The van der Waals surface area contributed by atoms with Gasteiger partial charge in [-0.05, 0) is 25.5 Å². The van der Waals surface area contributed by atoms with Gasteiger partial charge in [0.05, 0.1) is 11.6 Å². The maximum absolute atomic E-state index is 5.66. The van der Waals surface area contributed by atoms with Crippen LogP contribution in [0, 0.1) is 6.92 Å². The molecule has 2 rings (SSSR count). The van der Waals surface area contributed by atoms with E-state index in [9.17, 15) is 0 Å². The zero-order chi connectivity index (χ0) is 9.42. The molecule has 0 radical (unpaired) electrons. The Labute approximate surface area is 77.9 Å². The number of fused-ring (bicyclic) bond motifs is 1. The van der Waals surface area contributed by atoms with Crippen LogP contribution in [-0.4, -0.2) is 17.6 Å². The molecule has 0 bridgehead atoms. The summed E-state index contributed by atoms with van der Waals surface area (Å²) in [5.74, 6) is 1.17. The monoisotopic (exact) mass is 178 g/mol. The Hall–Kier alpha value is -1.09. The van der Waals surface area contributed by atoms with Gasteiger partial charge in [0.15, 0.2) is 0 Å². The number of rotatable bonds is 1. The second kappa shape index (κ2) is 3.00. The summed E-state index contributed by atoms with van der Waals surface area (Å²) in [6.07, 6.45) is 2.03. The third kappa shape index (κ3) is 1.29.